The first-order valence-electron chi connectivity index (χ1n) is 13.3. The molecule has 1 aliphatic carbocycles. The molecule has 0 spiro atoms. The van der Waals surface area contributed by atoms with E-state index in [0.717, 1.165) is 50.6 Å². The summed E-state index contributed by atoms with van der Waals surface area (Å²) in [5.41, 5.74) is 1.16. The van der Waals surface area contributed by atoms with Crippen LogP contribution in [0.4, 0.5) is 4.39 Å². The van der Waals surface area contributed by atoms with Crippen molar-refractivity contribution >= 4 is 43.8 Å². The largest absolute Gasteiger partial charge is 0.371 e. The van der Waals surface area contributed by atoms with Gasteiger partial charge in [-0.2, -0.15) is 5.10 Å². The van der Waals surface area contributed by atoms with Crippen LogP contribution in [0.1, 0.15) is 44.9 Å². The zero-order valence-electron chi connectivity index (χ0n) is 21.1. The van der Waals surface area contributed by atoms with E-state index >= 15 is 0 Å². The summed E-state index contributed by atoms with van der Waals surface area (Å²) in [7, 11) is 0. The van der Waals surface area contributed by atoms with Crippen molar-refractivity contribution in [1.29, 1.82) is 0 Å². The van der Waals surface area contributed by atoms with Crippen molar-refractivity contribution < 1.29 is 13.9 Å². The van der Waals surface area contributed by atoms with E-state index in [4.69, 9.17) is 9.72 Å². The van der Waals surface area contributed by atoms with Crippen molar-refractivity contribution in [2.75, 3.05) is 13.1 Å². The maximum absolute atomic E-state index is 14.8. The van der Waals surface area contributed by atoms with Gasteiger partial charge >= 0.3 is 0 Å². The van der Waals surface area contributed by atoms with E-state index in [0.29, 0.717) is 45.0 Å². The molecule has 3 unspecified atom stereocenters. The summed E-state index contributed by atoms with van der Waals surface area (Å²) in [6, 6.07) is 6.91. The van der Waals surface area contributed by atoms with E-state index < -0.39 is 5.82 Å². The second-order valence-electron chi connectivity index (χ2n) is 11.3. The Balaban J connectivity index is 1.13. The van der Waals surface area contributed by atoms with E-state index in [9.17, 15) is 9.18 Å². The fourth-order valence-electron chi connectivity index (χ4n) is 6.59. The monoisotopic (exact) mass is 578 g/mol. The highest BCUT2D eigenvalue weighted by molar-refractivity contribution is 9.10. The molecule has 2 saturated heterocycles. The van der Waals surface area contributed by atoms with Crippen LogP contribution < -0.4 is 0 Å². The summed E-state index contributed by atoms with van der Waals surface area (Å²) in [5.74, 6) is 0.894. The molecule has 3 fully saturated rings. The average Bonchev–Trinajstić information content (AvgIpc) is 3.58. The molecule has 0 N–H and O–H groups in total. The average molecular weight is 579 g/mol. The highest BCUT2D eigenvalue weighted by atomic mass is 79.9. The van der Waals surface area contributed by atoms with E-state index in [1.165, 1.54) is 6.07 Å². The lowest BCUT2D eigenvalue weighted by Crippen LogP contribution is -2.50. The lowest BCUT2D eigenvalue weighted by atomic mass is 9.85. The van der Waals surface area contributed by atoms with Gasteiger partial charge < -0.3 is 9.64 Å². The summed E-state index contributed by atoms with van der Waals surface area (Å²) >= 11 is 3.51. The maximum atomic E-state index is 14.8. The topological polar surface area (TPSA) is 86.0 Å². The number of hydrogen-bond donors (Lipinski definition) is 0. The summed E-state index contributed by atoms with van der Waals surface area (Å²) in [6.07, 6.45) is 9.23. The van der Waals surface area contributed by atoms with Crippen molar-refractivity contribution in [1.82, 2.24) is 29.6 Å². The highest BCUT2D eigenvalue weighted by Gasteiger charge is 2.46. The van der Waals surface area contributed by atoms with Crippen LogP contribution in [0.5, 0.6) is 0 Å². The van der Waals surface area contributed by atoms with Crippen molar-refractivity contribution in [3.8, 4) is 5.69 Å². The summed E-state index contributed by atoms with van der Waals surface area (Å²) in [5, 5.41) is 6.03. The molecule has 3 aliphatic rings. The number of morpholine rings is 1. The van der Waals surface area contributed by atoms with Crippen LogP contribution in [0.2, 0.25) is 0 Å². The third kappa shape index (κ3) is 4.09. The molecular weight excluding hydrogens is 551 g/mol. The number of nitrogens with zero attached hydrogens (tertiary/aromatic N) is 6. The standard InChI is InChI=1S/C28H28BrFN6O2/c1-28(27(37)35-14-19-4-5-20(15-35)38-19)7-6-16(12-28)9-23-32-13-21-25(29)34-36(26(21)33-23)18-10-17-3-2-8-31-24(17)22(30)11-18/h2-3,8,10-11,13,16,19-20H,4-7,9,12,14-15H2,1H3/t16-,19?,20?,28?/m0/s1. The van der Waals surface area contributed by atoms with Crippen molar-refractivity contribution in [2.45, 2.75) is 57.7 Å². The Hall–Kier alpha value is -2.98. The number of likely N-dealkylation sites (tertiary alicyclic amines) is 1. The number of hydrogen-bond acceptors (Lipinski definition) is 6. The van der Waals surface area contributed by atoms with Gasteiger partial charge in [0.15, 0.2) is 11.5 Å². The Kier molecular flexibility index (Phi) is 5.74. The second-order valence-corrected chi connectivity index (χ2v) is 12.0. The second kappa shape index (κ2) is 9.05. The Bertz CT molecular complexity index is 1560. The molecule has 1 amide bonds. The lowest BCUT2D eigenvalue weighted by molar-refractivity contribution is -0.149. The van der Waals surface area contributed by atoms with E-state index in [2.05, 4.69) is 37.9 Å². The first-order chi connectivity index (χ1) is 18.4. The number of fused-ring (bicyclic) bond motifs is 4. The quantitative estimate of drug-likeness (QED) is 0.338. The Morgan fingerprint density at radius 3 is 2.84 bits per heavy atom. The van der Waals surface area contributed by atoms with E-state index in [-0.39, 0.29) is 23.5 Å². The molecule has 5 heterocycles. The summed E-state index contributed by atoms with van der Waals surface area (Å²) in [4.78, 5) is 29.2. The number of rotatable bonds is 4. The number of pyridine rings is 1. The number of carbonyl (C=O) groups excluding carboxylic acids is 1. The van der Waals surface area contributed by atoms with Gasteiger partial charge in [0.05, 0.1) is 23.3 Å². The van der Waals surface area contributed by atoms with Crippen LogP contribution in [0.25, 0.3) is 27.6 Å². The van der Waals surface area contributed by atoms with Gasteiger partial charge in [0.2, 0.25) is 5.91 Å². The van der Waals surface area contributed by atoms with Gasteiger partial charge in [0.25, 0.3) is 0 Å². The molecule has 38 heavy (non-hydrogen) atoms. The number of ether oxygens (including phenoxy) is 1. The molecule has 8 nitrogen and oxygen atoms in total. The Morgan fingerprint density at radius 2 is 2.03 bits per heavy atom. The van der Waals surface area contributed by atoms with Gasteiger partial charge in [-0.25, -0.2) is 19.0 Å². The fourth-order valence-corrected chi connectivity index (χ4v) is 7.03. The third-order valence-corrected chi connectivity index (χ3v) is 9.06. The molecule has 10 heteroatoms. The van der Waals surface area contributed by atoms with Crippen LogP contribution in [0, 0.1) is 17.2 Å². The molecular formula is C28H28BrFN6O2. The number of aromatic nitrogens is 5. The SMILES string of the molecule is CC1(C(=O)N2CC3CCC(C2)O3)CC[C@@H](Cc2ncc3c(Br)nn(-c4cc(F)c5ncccc5c4)c3n2)C1. The highest BCUT2D eigenvalue weighted by Crippen LogP contribution is 2.45. The number of halogens is 2. The summed E-state index contributed by atoms with van der Waals surface area (Å²) in [6.45, 7) is 3.56. The van der Waals surface area contributed by atoms with Gasteiger partial charge in [-0.3, -0.25) is 9.78 Å². The van der Waals surface area contributed by atoms with Gasteiger partial charge in [-0.1, -0.05) is 13.0 Å². The molecule has 7 rings (SSSR count). The van der Waals surface area contributed by atoms with Crippen LogP contribution in [0.15, 0.2) is 41.3 Å². The van der Waals surface area contributed by atoms with Crippen molar-refractivity contribution in [3.05, 3.63) is 52.9 Å². The molecule has 1 aromatic carbocycles. The molecule has 196 valence electrons. The van der Waals surface area contributed by atoms with Crippen LogP contribution in [-0.2, 0) is 16.0 Å². The molecule has 0 radical (unpaired) electrons. The zero-order chi connectivity index (χ0) is 26.0. The molecule has 3 aromatic heterocycles. The van der Waals surface area contributed by atoms with Gasteiger partial charge in [-0.15, -0.1) is 0 Å². The lowest BCUT2D eigenvalue weighted by Gasteiger charge is -2.37. The van der Waals surface area contributed by atoms with Crippen LogP contribution >= 0.6 is 15.9 Å². The van der Waals surface area contributed by atoms with Crippen LogP contribution in [-0.4, -0.2) is 60.8 Å². The fraction of sp³-hybridized carbons (Fsp3) is 0.464. The number of benzene rings is 1. The van der Waals surface area contributed by atoms with Crippen LogP contribution in [0.3, 0.4) is 0 Å². The number of carbonyl (C=O) groups is 1. The van der Waals surface area contributed by atoms with Crippen molar-refractivity contribution in [3.63, 3.8) is 0 Å². The molecule has 4 atom stereocenters. The first-order valence-corrected chi connectivity index (χ1v) is 14.1. The van der Waals surface area contributed by atoms with Crippen molar-refractivity contribution in [2.24, 2.45) is 11.3 Å². The minimum Gasteiger partial charge on any atom is -0.371 e. The molecule has 4 aromatic rings. The smallest absolute Gasteiger partial charge is 0.228 e. The Labute approximate surface area is 227 Å². The zero-order valence-corrected chi connectivity index (χ0v) is 22.7. The molecule has 2 aliphatic heterocycles. The maximum Gasteiger partial charge on any atom is 0.228 e. The van der Waals surface area contributed by atoms with E-state index in [1.54, 1.807) is 23.1 Å². The predicted octanol–water partition coefficient (Wildman–Crippen LogP) is 5.00. The normalized spacial score (nSPS) is 27.0. The molecule has 1 saturated carbocycles. The number of amides is 1. The first kappa shape index (κ1) is 24.1. The predicted molar refractivity (Wildman–Crippen MR) is 143 cm³/mol. The van der Waals surface area contributed by atoms with E-state index in [1.807, 2.05) is 17.0 Å². The van der Waals surface area contributed by atoms with Gasteiger partial charge in [0.1, 0.15) is 15.9 Å². The van der Waals surface area contributed by atoms with Gasteiger partial charge in [0, 0.05) is 48.8 Å². The van der Waals surface area contributed by atoms with Gasteiger partial charge in [-0.05, 0) is 66.1 Å². The minimum atomic E-state index is -0.407. The minimum absolute atomic E-state index is 0.204. The summed E-state index contributed by atoms with van der Waals surface area (Å²) < 4.78 is 23.0. The Morgan fingerprint density at radius 1 is 1.21 bits per heavy atom. The third-order valence-electron chi connectivity index (χ3n) is 8.48. The molecule has 2 bridgehead atoms.